The number of halogens is 3. The summed E-state index contributed by atoms with van der Waals surface area (Å²) >= 11 is 0. The summed E-state index contributed by atoms with van der Waals surface area (Å²) in [5.74, 6) is -4.97. The lowest BCUT2D eigenvalue weighted by molar-refractivity contribution is -0.304. The van der Waals surface area contributed by atoms with Crippen LogP contribution in [0.5, 0.6) is 17.2 Å². The molecule has 3 aromatic rings. The van der Waals surface area contributed by atoms with Crippen LogP contribution in [0.3, 0.4) is 0 Å². The van der Waals surface area contributed by atoms with Crippen LogP contribution in [0.1, 0.15) is 18.2 Å². The molecule has 1 N–H and O–H groups in total. The highest BCUT2D eigenvalue weighted by Crippen LogP contribution is 2.38. The number of fused-ring (bicyclic) bond motifs is 1. The van der Waals surface area contributed by atoms with E-state index in [1.54, 1.807) is 12.1 Å². The van der Waals surface area contributed by atoms with Crippen molar-refractivity contribution in [3.8, 4) is 17.2 Å². The minimum Gasteiger partial charge on any atom is -0.548 e. The van der Waals surface area contributed by atoms with Crippen LogP contribution in [0, 0.1) is 0 Å². The van der Waals surface area contributed by atoms with Crippen LogP contribution in [-0.2, 0) is 22.2 Å². The average Bonchev–Trinajstić information content (AvgIpc) is 2.77. The molecule has 0 aliphatic carbocycles. The van der Waals surface area contributed by atoms with Gasteiger partial charge < -0.3 is 29.1 Å². The predicted molar refractivity (Wildman–Crippen MR) is 107 cm³/mol. The van der Waals surface area contributed by atoms with Crippen molar-refractivity contribution >= 4 is 22.8 Å². The fourth-order valence-corrected chi connectivity index (χ4v) is 2.81. The first-order chi connectivity index (χ1) is 15.6. The molecule has 2 aromatic carbocycles. The zero-order chi connectivity index (χ0) is 24.2. The highest BCUT2D eigenvalue weighted by Gasteiger charge is 2.40. The monoisotopic (exact) mass is 464 g/mol. The maximum atomic E-state index is 13.6. The van der Waals surface area contributed by atoms with Crippen molar-refractivity contribution < 1.29 is 41.8 Å². The van der Waals surface area contributed by atoms with E-state index in [4.69, 9.17) is 13.9 Å². The van der Waals surface area contributed by atoms with E-state index in [2.05, 4.69) is 0 Å². The Morgan fingerprint density at radius 3 is 2.36 bits per heavy atom. The van der Waals surface area contributed by atoms with E-state index in [1.807, 2.05) is 12.2 Å². The molecular formula is C22H17F3NO7-. The second-order valence-corrected chi connectivity index (χ2v) is 6.78. The Balaban J connectivity index is 1.93. The quantitative estimate of drug-likeness (QED) is 0.544. The Morgan fingerprint density at radius 1 is 1.09 bits per heavy atom. The number of nitrogens with one attached hydrogen (secondary N) is 1. The normalized spacial score (nSPS) is 11.3. The SMILES string of the molecule is CCc1ccc(Oc2c(C(F)(F)F)oc3cc(OCC(=O)NCC(=O)[O-])ccc3c2=O)cc1. The summed E-state index contributed by atoms with van der Waals surface area (Å²) in [6.45, 7) is 0.561. The molecule has 8 nitrogen and oxygen atoms in total. The van der Waals surface area contributed by atoms with Gasteiger partial charge in [-0.1, -0.05) is 19.1 Å². The number of alkyl halides is 3. The van der Waals surface area contributed by atoms with Gasteiger partial charge in [0.1, 0.15) is 17.1 Å². The van der Waals surface area contributed by atoms with Crippen LogP contribution in [-0.4, -0.2) is 25.0 Å². The van der Waals surface area contributed by atoms with Crippen molar-refractivity contribution in [3.05, 3.63) is 64.0 Å². The van der Waals surface area contributed by atoms with Gasteiger partial charge in [0.15, 0.2) is 6.61 Å². The Labute approximate surface area is 184 Å². The summed E-state index contributed by atoms with van der Waals surface area (Å²) in [6.07, 6.45) is -4.32. The number of carbonyl (C=O) groups is 2. The maximum Gasteiger partial charge on any atom is 0.453 e. The Hall–Kier alpha value is -4.02. The number of carboxylic acid groups (broad SMARTS) is 1. The average molecular weight is 464 g/mol. The lowest BCUT2D eigenvalue weighted by atomic mass is 10.1. The third-order valence-electron chi connectivity index (χ3n) is 4.43. The summed E-state index contributed by atoms with van der Waals surface area (Å²) < 4.78 is 56.2. The minimum absolute atomic E-state index is 0.0341. The number of aliphatic carboxylic acids is 1. The molecule has 33 heavy (non-hydrogen) atoms. The fourth-order valence-electron chi connectivity index (χ4n) is 2.81. The van der Waals surface area contributed by atoms with Crippen molar-refractivity contribution in [2.75, 3.05) is 13.2 Å². The molecule has 3 rings (SSSR count). The van der Waals surface area contributed by atoms with E-state index in [0.717, 1.165) is 18.1 Å². The second kappa shape index (κ2) is 9.63. The van der Waals surface area contributed by atoms with Gasteiger partial charge in [0.05, 0.1) is 17.9 Å². The molecule has 1 aromatic heterocycles. The number of benzene rings is 2. The van der Waals surface area contributed by atoms with Crippen LogP contribution in [0.2, 0.25) is 0 Å². The van der Waals surface area contributed by atoms with E-state index < -0.39 is 53.7 Å². The van der Waals surface area contributed by atoms with Crippen molar-refractivity contribution in [1.29, 1.82) is 0 Å². The Bertz CT molecular complexity index is 1230. The highest BCUT2D eigenvalue weighted by atomic mass is 19.4. The van der Waals surface area contributed by atoms with Gasteiger partial charge in [0.25, 0.3) is 11.7 Å². The number of amides is 1. The number of carboxylic acids is 1. The van der Waals surface area contributed by atoms with E-state index in [0.29, 0.717) is 0 Å². The standard InChI is InChI=1S/C22H18F3NO7/c1-2-12-3-5-13(6-4-12)32-20-19(30)15-8-7-14(31-11-17(27)26-10-18(28)29)9-16(15)33-21(20)22(23,24)25/h3-9H,2,10-11H2,1H3,(H,26,27)(H,28,29)/p-1. The zero-order valence-electron chi connectivity index (χ0n) is 17.2. The van der Waals surface area contributed by atoms with Crippen molar-refractivity contribution in [2.45, 2.75) is 19.5 Å². The second-order valence-electron chi connectivity index (χ2n) is 6.78. The first-order valence-electron chi connectivity index (χ1n) is 9.62. The minimum atomic E-state index is -5.03. The lowest BCUT2D eigenvalue weighted by Crippen LogP contribution is -2.39. The molecule has 0 atom stereocenters. The van der Waals surface area contributed by atoms with Gasteiger partial charge in [0.2, 0.25) is 11.2 Å². The molecule has 0 spiro atoms. The first kappa shape index (κ1) is 23.6. The number of aryl methyl sites for hydroxylation is 1. The summed E-state index contributed by atoms with van der Waals surface area (Å²) in [4.78, 5) is 34.6. The van der Waals surface area contributed by atoms with Crippen LogP contribution in [0.25, 0.3) is 11.0 Å². The Kier molecular flexibility index (Phi) is 6.90. The van der Waals surface area contributed by atoms with Gasteiger partial charge in [-0.15, -0.1) is 0 Å². The molecule has 0 aliphatic rings. The summed E-state index contributed by atoms with van der Waals surface area (Å²) in [5, 5.41) is 12.1. The molecule has 0 unspecified atom stereocenters. The molecule has 0 radical (unpaired) electrons. The highest BCUT2D eigenvalue weighted by molar-refractivity contribution is 5.82. The largest absolute Gasteiger partial charge is 0.548 e. The number of carbonyl (C=O) groups excluding carboxylic acids is 2. The van der Waals surface area contributed by atoms with Crippen molar-refractivity contribution in [3.63, 3.8) is 0 Å². The summed E-state index contributed by atoms with van der Waals surface area (Å²) in [6, 6.07) is 9.66. The van der Waals surface area contributed by atoms with Crippen LogP contribution >= 0.6 is 0 Å². The number of ether oxygens (including phenoxy) is 2. The van der Waals surface area contributed by atoms with Gasteiger partial charge in [-0.3, -0.25) is 9.59 Å². The molecule has 0 bridgehead atoms. The van der Waals surface area contributed by atoms with Gasteiger partial charge in [-0.2, -0.15) is 13.2 Å². The molecule has 0 saturated heterocycles. The van der Waals surface area contributed by atoms with Gasteiger partial charge in [0, 0.05) is 6.07 Å². The third kappa shape index (κ3) is 5.82. The van der Waals surface area contributed by atoms with E-state index in [1.165, 1.54) is 24.3 Å². The number of hydrogen-bond acceptors (Lipinski definition) is 7. The molecule has 174 valence electrons. The fraction of sp³-hybridized carbons (Fsp3) is 0.227. The van der Waals surface area contributed by atoms with Crippen molar-refractivity contribution in [2.24, 2.45) is 0 Å². The van der Waals surface area contributed by atoms with E-state index in [-0.39, 0.29) is 16.9 Å². The maximum absolute atomic E-state index is 13.6. The predicted octanol–water partition coefficient (Wildman–Crippen LogP) is 2.41. The van der Waals surface area contributed by atoms with Gasteiger partial charge in [-0.25, -0.2) is 0 Å². The van der Waals surface area contributed by atoms with Gasteiger partial charge >= 0.3 is 6.18 Å². The molecule has 0 aliphatic heterocycles. The van der Waals surface area contributed by atoms with E-state index in [9.17, 15) is 32.7 Å². The van der Waals surface area contributed by atoms with E-state index >= 15 is 0 Å². The molecule has 11 heteroatoms. The summed E-state index contributed by atoms with van der Waals surface area (Å²) in [7, 11) is 0. The molecule has 0 saturated carbocycles. The zero-order valence-corrected chi connectivity index (χ0v) is 17.2. The first-order valence-corrected chi connectivity index (χ1v) is 9.62. The van der Waals surface area contributed by atoms with Crippen molar-refractivity contribution in [1.82, 2.24) is 5.32 Å². The van der Waals surface area contributed by atoms with Crippen LogP contribution in [0.4, 0.5) is 13.2 Å². The molecular weight excluding hydrogens is 447 g/mol. The smallest absolute Gasteiger partial charge is 0.453 e. The Morgan fingerprint density at radius 2 is 1.76 bits per heavy atom. The number of rotatable bonds is 8. The molecule has 0 fully saturated rings. The van der Waals surface area contributed by atoms with Crippen LogP contribution < -0.4 is 25.3 Å². The number of hydrogen-bond donors (Lipinski definition) is 1. The topological polar surface area (TPSA) is 118 Å². The molecule has 1 amide bonds. The lowest BCUT2D eigenvalue weighted by Gasteiger charge is -2.14. The summed E-state index contributed by atoms with van der Waals surface area (Å²) in [5.41, 5.74) is -0.542. The third-order valence-corrected chi connectivity index (χ3v) is 4.43. The van der Waals surface area contributed by atoms with Crippen LogP contribution in [0.15, 0.2) is 51.7 Å². The molecule has 1 heterocycles. The van der Waals surface area contributed by atoms with Gasteiger partial charge in [-0.05, 0) is 36.2 Å².